The average molecular weight is 306 g/mol. The van der Waals surface area contributed by atoms with Crippen LogP contribution in [0.1, 0.15) is 37.3 Å². The van der Waals surface area contributed by atoms with Gasteiger partial charge in [-0.1, -0.05) is 30.3 Å². The molecule has 2 N–H and O–H groups in total. The predicted molar refractivity (Wildman–Crippen MR) is 85.6 cm³/mol. The quantitative estimate of drug-likeness (QED) is 0.848. The third-order valence-electron chi connectivity index (χ3n) is 4.21. The van der Waals surface area contributed by atoms with E-state index in [9.17, 15) is 4.79 Å². The summed E-state index contributed by atoms with van der Waals surface area (Å²) in [6.07, 6.45) is 3.17. The van der Waals surface area contributed by atoms with Crippen molar-refractivity contribution in [2.75, 3.05) is 26.9 Å². The van der Waals surface area contributed by atoms with Crippen LogP contribution in [0.2, 0.25) is 0 Å². The summed E-state index contributed by atoms with van der Waals surface area (Å²) in [7, 11) is 1.85. The third kappa shape index (κ3) is 4.71. The van der Waals surface area contributed by atoms with Crippen molar-refractivity contribution in [3.63, 3.8) is 0 Å². The van der Waals surface area contributed by atoms with E-state index in [1.54, 1.807) is 4.90 Å². The highest BCUT2D eigenvalue weighted by Crippen LogP contribution is 2.20. The summed E-state index contributed by atoms with van der Waals surface area (Å²) in [4.78, 5) is 14.3. The fourth-order valence-corrected chi connectivity index (χ4v) is 2.79. The molecule has 2 amide bonds. The lowest BCUT2D eigenvalue weighted by atomic mass is 10.0. The number of nitrogens with one attached hydrogen (secondary N) is 1. The average Bonchev–Trinajstić information content (AvgIpc) is 2.59. The number of hydrogen-bond donors (Lipinski definition) is 2. The summed E-state index contributed by atoms with van der Waals surface area (Å²) < 4.78 is 5.35. The van der Waals surface area contributed by atoms with E-state index in [-0.39, 0.29) is 24.7 Å². The minimum absolute atomic E-state index is 0.0568. The van der Waals surface area contributed by atoms with Gasteiger partial charge in [-0.25, -0.2) is 4.79 Å². The Kier molecular flexibility index (Phi) is 6.68. The molecule has 0 aliphatic carbocycles. The third-order valence-corrected chi connectivity index (χ3v) is 4.21. The van der Waals surface area contributed by atoms with Gasteiger partial charge in [-0.05, 0) is 31.2 Å². The molecular formula is C17H26N2O3. The highest BCUT2D eigenvalue weighted by molar-refractivity contribution is 5.74. The standard InChI is InChI=1S/C17H26N2O3/c1-19(15-9-12-22-13-10-15)17(21)18-16(8-5-11-20)14-6-3-2-4-7-14/h2-4,6-7,15-16,20H,5,8-13H2,1H3,(H,18,21). The second kappa shape index (κ2) is 8.76. The Morgan fingerprint density at radius 2 is 2.05 bits per heavy atom. The Labute approximate surface area is 132 Å². The van der Waals surface area contributed by atoms with Crippen molar-refractivity contribution in [2.24, 2.45) is 0 Å². The first-order valence-electron chi connectivity index (χ1n) is 7.99. The zero-order valence-corrected chi connectivity index (χ0v) is 13.2. The van der Waals surface area contributed by atoms with Crippen molar-refractivity contribution >= 4 is 6.03 Å². The molecule has 0 bridgehead atoms. The summed E-state index contributed by atoms with van der Waals surface area (Å²) in [5.41, 5.74) is 1.07. The molecule has 1 aromatic rings. The molecule has 1 unspecified atom stereocenters. The molecule has 5 nitrogen and oxygen atoms in total. The number of nitrogens with zero attached hydrogens (tertiary/aromatic N) is 1. The summed E-state index contributed by atoms with van der Waals surface area (Å²) in [5.74, 6) is 0. The number of amides is 2. The number of ether oxygens (including phenoxy) is 1. The van der Waals surface area contributed by atoms with Crippen LogP contribution in [0, 0.1) is 0 Å². The number of rotatable bonds is 6. The Balaban J connectivity index is 1.97. The molecular weight excluding hydrogens is 280 g/mol. The summed E-state index contributed by atoms with van der Waals surface area (Å²) in [6, 6.07) is 10.0. The lowest BCUT2D eigenvalue weighted by Gasteiger charge is -2.32. The zero-order valence-electron chi connectivity index (χ0n) is 13.2. The van der Waals surface area contributed by atoms with Gasteiger partial charge in [0.15, 0.2) is 0 Å². The zero-order chi connectivity index (χ0) is 15.8. The Morgan fingerprint density at radius 1 is 1.36 bits per heavy atom. The largest absolute Gasteiger partial charge is 0.396 e. The van der Waals surface area contributed by atoms with Crippen molar-refractivity contribution in [3.8, 4) is 0 Å². The van der Waals surface area contributed by atoms with E-state index in [0.29, 0.717) is 6.42 Å². The molecule has 2 rings (SSSR count). The normalized spacial score (nSPS) is 17.0. The van der Waals surface area contributed by atoms with E-state index < -0.39 is 0 Å². The van der Waals surface area contributed by atoms with Crippen molar-refractivity contribution in [3.05, 3.63) is 35.9 Å². The molecule has 1 aliphatic heterocycles. The smallest absolute Gasteiger partial charge is 0.317 e. The summed E-state index contributed by atoms with van der Waals surface area (Å²) >= 11 is 0. The number of hydrogen-bond acceptors (Lipinski definition) is 3. The van der Waals surface area contributed by atoms with Crippen LogP contribution in [0.5, 0.6) is 0 Å². The van der Waals surface area contributed by atoms with Gasteiger partial charge in [0.2, 0.25) is 0 Å². The molecule has 1 saturated heterocycles. The van der Waals surface area contributed by atoms with Crippen molar-refractivity contribution in [1.82, 2.24) is 10.2 Å². The molecule has 1 heterocycles. The van der Waals surface area contributed by atoms with Gasteiger partial charge in [-0.3, -0.25) is 0 Å². The molecule has 5 heteroatoms. The van der Waals surface area contributed by atoms with Crippen molar-refractivity contribution in [1.29, 1.82) is 0 Å². The van der Waals surface area contributed by atoms with Gasteiger partial charge in [0.1, 0.15) is 0 Å². The van der Waals surface area contributed by atoms with Crippen LogP contribution in [0.25, 0.3) is 0 Å². The topological polar surface area (TPSA) is 61.8 Å². The van der Waals surface area contributed by atoms with Crippen LogP contribution in [-0.2, 0) is 4.74 Å². The van der Waals surface area contributed by atoms with Crippen LogP contribution in [-0.4, -0.2) is 48.9 Å². The number of aliphatic hydroxyl groups is 1. The molecule has 0 spiro atoms. The number of carbonyl (C=O) groups is 1. The maximum atomic E-state index is 12.5. The summed E-state index contributed by atoms with van der Waals surface area (Å²) in [5, 5.41) is 12.2. The molecule has 22 heavy (non-hydrogen) atoms. The number of carbonyl (C=O) groups excluding carboxylic acids is 1. The van der Waals surface area contributed by atoms with E-state index in [1.807, 2.05) is 37.4 Å². The highest BCUT2D eigenvalue weighted by Gasteiger charge is 2.24. The van der Waals surface area contributed by atoms with E-state index in [0.717, 1.165) is 38.0 Å². The van der Waals surface area contributed by atoms with Gasteiger partial charge in [0, 0.05) is 32.9 Å². The molecule has 0 saturated carbocycles. The van der Waals surface area contributed by atoms with E-state index in [2.05, 4.69) is 5.32 Å². The van der Waals surface area contributed by atoms with E-state index in [4.69, 9.17) is 9.84 Å². The first-order valence-corrected chi connectivity index (χ1v) is 7.99. The maximum Gasteiger partial charge on any atom is 0.317 e. The molecule has 1 aliphatic rings. The lowest BCUT2D eigenvalue weighted by molar-refractivity contribution is 0.0521. The van der Waals surface area contributed by atoms with Gasteiger partial charge < -0.3 is 20.1 Å². The number of urea groups is 1. The number of benzene rings is 1. The monoisotopic (exact) mass is 306 g/mol. The molecule has 1 atom stereocenters. The highest BCUT2D eigenvalue weighted by atomic mass is 16.5. The van der Waals surface area contributed by atoms with E-state index in [1.165, 1.54) is 0 Å². The molecule has 0 aromatic heterocycles. The summed E-state index contributed by atoms with van der Waals surface area (Å²) in [6.45, 7) is 1.57. The Morgan fingerprint density at radius 3 is 2.68 bits per heavy atom. The van der Waals surface area contributed by atoms with Crippen LogP contribution in [0.3, 0.4) is 0 Å². The molecule has 1 aromatic carbocycles. The first kappa shape index (κ1) is 16.8. The minimum Gasteiger partial charge on any atom is -0.396 e. The number of aliphatic hydroxyl groups excluding tert-OH is 1. The van der Waals surface area contributed by atoms with E-state index >= 15 is 0 Å². The second-order valence-electron chi connectivity index (χ2n) is 5.73. The fourth-order valence-electron chi connectivity index (χ4n) is 2.79. The van der Waals surface area contributed by atoms with Gasteiger partial charge in [-0.15, -0.1) is 0 Å². The van der Waals surface area contributed by atoms with Gasteiger partial charge in [0.25, 0.3) is 0 Å². The fraction of sp³-hybridized carbons (Fsp3) is 0.588. The second-order valence-corrected chi connectivity index (χ2v) is 5.73. The lowest BCUT2D eigenvalue weighted by Crippen LogP contribution is -2.46. The molecule has 122 valence electrons. The van der Waals surface area contributed by atoms with Crippen LogP contribution in [0.4, 0.5) is 4.79 Å². The molecule has 0 radical (unpaired) electrons. The first-order chi connectivity index (χ1) is 10.7. The Bertz CT molecular complexity index is 446. The maximum absolute atomic E-state index is 12.5. The van der Waals surface area contributed by atoms with Crippen LogP contribution < -0.4 is 5.32 Å². The van der Waals surface area contributed by atoms with Gasteiger partial charge in [-0.2, -0.15) is 0 Å². The van der Waals surface area contributed by atoms with Gasteiger partial charge >= 0.3 is 6.03 Å². The van der Waals surface area contributed by atoms with Crippen molar-refractivity contribution in [2.45, 2.75) is 37.8 Å². The van der Waals surface area contributed by atoms with Crippen LogP contribution in [0.15, 0.2) is 30.3 Å². The van der Waals surface area contributed by atoms with Crippen LogP contribution >= 0.6 is 0 Å². The van der Waals surface area contributed by atoms with Crippen molar-refractivity contribution < 1.29 is 14.6 Å². The molecule has 1 fully saturated rings. The predicted octanol–water partition coefficient (Wildman–Crippen LogP) is 2.32. The Hall–Kier alpha value is -1.59. The van der Waals surface area contributed by atoms with Gasteiger partial charge in [0.05, 0.1) is 6.04 Å². The SMILES string of the molecule is CN(C(=O)NC(CCCO)c1ccccc1)C1CCOCC1. The minimum atomic E-state index is -0.0665.